The summed E-state index contributed by atoms with van der Waals surface area (Å²) in [6.07, 6.45) is 0. The van der Waals surface area contributed by atoms with Crippen LogP contribution in [0.15, 0.2) is 28.7 Å². The van der Waals surface area contributed by atoms with E-state index in [1.54, 1.807) is 14.0 Å². The molecule has 0 radical (unpaired) electrons. The summed E-state index contributed by atoms with van der Waals surface area (Å²) in [5, 5.41) is 10.4. The molecule has 1 N–H and O–H groups in total. The molecule has 1 amide bonds. The number of aryl methyl sites for hydroxylation is 1. The molecule has 0 aliphatic heterocycles. The second kappa shape index (κ2) is 6.29. The fraction of sp³-hybridized carbons (Fsp3) is 0.357. The van der Waals surface area contributed by atoms with Gasteiger partial charge in [0.1, 0.15) is 0 Å². The van der Waals surface area contributed by atoms with Gasteiger partial charge in [-0.3, -0.25) is 9.69 Å². The van der Waals surface area contributed by atoms with Gasteiger partial charge in [-0.15, -0.1) is 10.2 Å². The molecule has 0 fully saturated rings. The van der Waals surface area contributed by atoms with Crippen LogP contribution in [0.5, 0.6) is 0 Å². The van der Waals surface area contributed by atoms with E-state index in [9.17, 15) is 4.79 Å². The first-order valence-corrected chi connectivity index (χ1v) is 6.37. The maximum Gasteiger partial charge on any atom is 0.251 e. The van der Waals surface area contributed by atoms with E-state index in [-0.39, 0.29) is 5.91 Å². The van der Waals surface area contributed by atoms with Gasteiger partial charge in [0.25, 0.3) is 5.91 Å². The SMILES string of the molecule is CNC(=O)c1ccc(CN(C)Cc2nnc(C)o2)cc1. The van der Waals surface area contributed by atoms with E-state index in [0.29, 0.717) is 23.9 Å². The van der Waals surface area contributed by atoms with Crippen molar-refractivity contribution >= 4 is 5.91 Å². The predicted molar refractivity (Wildman–Crippen MR) is 74.0 cm³/mol. The van der Waals surface area contributed by atoms with Crippen LogP contribution in [0.1, 0.15) is 27.7 Å². The molecule has 0 unspecified atom stereocenters. The van der Waals surface area contributed by atoms with Crippen molar-refractivity contribution in [3.8, 4) is 0 Å². The number of aromatic nitrogens is 2. The molecule has 0 atom stereocenters. The van der Waals surface area contributed by atoms with Crippen LogP contribution in [0.25, 0.3) is 0 Å². The molecular formula is C14H18N4O2. The lowest BCUT2D eigenvalue weighted by molar-refractivity contribution is 0.0963. The first-order valence-electron chi connectivity index (χ1n) is 6.37. The van der Waals surface area contributed by atoms with Gasteiger partial charge in [-0.05, 0) is 24.7 Å². The number of carbonyl (C=O) groups is 1. The Kier molecular flexibility index (Phi) is 4.47. The molecule has 0 aliphatic carbocycles. The summed E-state index contributed by atoms with van der Waals surface area (Å²) < 4.78 is 5.34. The van der Waals surface area contributed by atoms with Crippen LogP contribution < -0.4 is 5.32 Å². The smallest absolute Gasteiger partial charge is 0.251 e. The summed E-state index contributed by atoms with van der Waals surface area (Å²) in [4.78, 5) is 13.5. The molecule has 0 saturated heterocycles. The molecule has 2 aromatic rings. The molecule has 0 saturated carbocycles. The standard InChI is InChI=1S/C14H18N4O2/c1-10-16-17-13(20-10)9-18(3)8-11-4-6-12(7-5-11)14(19)15-2/h4-7H,8-9H2,1-3H3,(H,15,19). The molecule has 1 aromatic carbocycles. The summed E-state index contributed by atoms with van der Waals surface area (Å²) in [5.74, 6) is 1.10. The van der Waals surface area contributed by atoms with Gasteiger partial charge in [0.05, 0.1) is 6.54 Å². The average molecular weight is 274 g/mol. The molecule has 20 heavy (non-hydrogen) atoms. The quantitative estimate of drug-likeness (QED) is 0.891. The number of hydrogen-bond donors (Lipinski definition) is 1. The molecule has 0 spiro atoms. The molecule has 1 aromatic heterocycles. The monoisotopic (exact) mass is 274 g/mol. The summed E-state index contributed by atoms with van der Waals surface area (Å²) in [7, 11) is 3.60. The Labute approximate surface area is 117 Å². The van der Waals surface area contributed by atoms with E-state index in [1.807, 2.05) is 31.3 Å². The minimum absolute atomic E-state index is 0.0776. The van der Waals surface area contributed by atoms with Crippen molar-refractivity contribution in [2.45, 2.75) is 20.0 Å². The largest absolute Gasteiger partial charge is 0.424 e. The van der Waals surface area contributed by atoms with Crippen LogP contribution in [0.3, 0.4) is 0 Å². The Bertz CT molecular complexity index is 577. The van der Waals surface area contributed by atoms with Crippen molar-refractivity contribution in [3.05, 3.63) is 47.2 Å². The molecule has 0 aliphatic rings. The van der Waals surface area contributed by atoms with E-state index < -0.39 is 0 Å². The van der Waals surface area contributed by atoms with Crippen molar-refractivity contribution in [1.82, 2.24) is 20.4 Å². The number of nitrogens with one attached hydrogen (secondary N) is 1. The van der Waals surface area contributed by atoms with Crippen LogP contribution in [0, 0.1) is 6.92 Å². The van der Waals surface area contributed by atoms with Crippen LogP contribution in [0.2, 0.25) is 0 Å². The van der Waals surface area contributed by atoms with Gasteiger partial charge in [0.2, 0.25) is 11.8 Å². The zero-order chi connectivity index (χ0) is 14.5. The number of hydrogen-bond acceptors (Lipinski definition) is 5. The van der Waals surface area contributed by atoms with Gasteiger partial charge in [-0.25, -0.2) is 0 Å². The number of rotatable bonds is 5. The fourth-order valence-corrected chi connectivity index (χ4v) is 1.91. The summed E-state index contributed by atoms with van der Waals surface area (Å²) in [6, 6.07) is 7.53. The normalized spacial score (nSPS) is 10.8. The highest BCUT2D eigenvalue weighted by Crippen LogP contribution is 2.09. The average Bonchev–Trinajstić information content (AvgIpc) is 2.84. The van der Waals surface area contributed by atoms with Gasteiger partial charge >= 0.3 is 0 Å². The minimum atomic E-state index is -0.0776. The number of amides is 1. The highest BCUT2D eigenvalue weighted by molar-refractivity contribution is 5.93. The van der Waals surface area contributed by atoms with Gasteiger partial charge in [-0.1, -0.05) is 12.1 Å². The maximum atomic E-state index is 11.4. The summed E-state index contributed by atoms with van der Waals surface area (Å²) in [6.45, 7) is 3.11. The van der Waals surface area contributed by atoms with Crippen LogP contribution in [-0.4, -0.2) is 35.1 Å². The first-order chi connectivity index (χ1) is 9.58. The third-order valence-electron chi connectivity index (χ3n) is 2.87. The van der Waals surface area contributed by atoms with Crippen LogP contribution in [0.4, 0.5) is 0 Å². The van der Waals surface area contributed by atoms with Crippen molar-refractivity contribution in [1.29, 1.82) is 0 Å². The third kappa shape index (κ3) is 3.64. The molecule has 6 nitrogen and oxygen atoms in total. The lowest BCUT2D eigenvalue weighted by atomic mass is 10.1. The Morgan fingerprint density at radius 1 is 1.25 bits per heavy atom. The lowest BCUT2D eigenvalue weighted by Crippen LogP contribution is -2.19. The second-order valence-electron chi connectivity index (χ2n) is 4.66. The highest BCUT2D eigenvalue weighted by atomic mass is 16.4. The molecule has 1 heterocycles. The maximum absolute atomic E-state index is 11.4. The molecule has 6 heteroatoms. The molecule has 2 rings (SSSR count). The zero-order valence-corrected chi connectivity index (χ0v) is 11.9. The first kappa shape index (κ1) is 14.2. The fourth-order valence-electron chi connectivity index (χ4n) is 1.91. The van der Waals surface area contributed by atoms with Crippen molar-refractivity contribution in [2.24, 2.45) is 0 Å². The van der Waals surface area contributed by atoms with E-state index in [2.05, 4.69) is 20.4 Å². The Balaban J connectivity index is 1.94. The second-order valence-corrected chi connectivity index (χ2v) is 4.66. The van der Waals surface area contributed by atoms with E-state index in [1.165, 1.54) is 0 Å². The Hall–Kier alpha value is -2.21. The molecule has 106 valence electrons. The van der Waals surface area contributed by atoms with Crippen molar-refractivity contribution in [2.75, 3.05) is 14.1 Å². The highest BCUT2D eigenvalue weighted by Gasteiger charge is 2.08. The topological polar surface area (TPSA) is 71.3 Å². The number of carbonyl (C=O) groups excluding carboxylic acids is 1. The molecule has 0 bridgehead atoms. The van der Waals surface area contributed by atoms with E-state index in [4.69, 9.17) is 4.42 Å². The summed E-state index contributed by atoms with van der Waals surface area (Å²) in [5.41, 5.74) is 1.78. The van der Waals surface area contributed by atoms with Gasteiger partial charge in [0, 0.05) is 26.1 Å². The summed E-state index contributed by atoms with van der Waals surface area (Å²) >= 11 is 0. The van der Waals surface area contributed by atoms with Gasteiger partial charge in [0.15, 0.2) is 0 Å². The minimum Gasteiger partial charge on any atom is -0.424 e. The Morgan fingerprint density at radius 2 is 1.95 bits per heavy atom. The number of benzene rings is 1. The van der Waals surface area contributed by atoms with E-state index >= 15 is 0 Å². The van der Waals surface area contributed by atoms with Gasteiger partial charge in [-0.2, -0.15) is 0 Å². The Morgan fingerprint density at radius 3 is 2.50 bits per heavy atom. The van der Waals surface area contributed by atoms with Crippen molar-refractivity contribution in [3.63, 3.8) is 0 Å². The molecular weight excluding hydrogens is 256 g/mol. The van der Waals surface area contributed by atoms with E-state index in [0.717, 1.165) is 12.1 Å². The van der Waals surface area contributed by atoms with Gasteiger partial charge < -0.3 is 9.73 Å². The van der Waals surface area contributed by atoms with Crippen molar-refractivity contribution < 1.29 is 9.21 Å². The zero-order valence-electron chi connectivity index (χ0n) is 11.9. The van der Waals surface area contributed by atoms with Crippen LogP contribution in [-0.2, 0) is 13.1 Å². The van der Waals surface area contributed by atoms with Crippen LogP contribution >= 0.6 is 0 Å². The lowest BCUT2D eigenvalue weighted by Gasteiger charge is -2.14. The third-order valence-corrected chi connectivity index (χ3v) is 2.87. The predicted octanol–water partition coefficient (Wildman–Crippen LogP) is 1.37. The number of nitrogens with zero attached hydrogens (tertiary/aromatic N) is 3.